The number of carbonyl (C=O) groups is 2. The number of aldehydes is 1. The van der Waals surface area contributed by atoms with Crippen molar-refractivity contribution in [2.75, 3.05) is 0 Å². The summed E-state index contributed by atoms with van der Waals surface area (Å²) in [6.07, 6.45) is 2.47. The first kappa shape index (κ1) is 9.43. The van der Waals surface area contributed by atoms with Crippen LogP contribution in [0.3, 0.4) is 0 Å². The van der Waals surface area contributed by atoms with E-state index in [0.29, 0.717) is 12.3 Å². The largest absolute Gasteiger partial charge is 0.303 e. The third-order valence-corrected chi connectivity index (χ3v) is 3.34. The first-order valence-electron chi connectivity index (χ1n) is 4.44. The Labute approximate surface area is 73.3 Å². The van der Waals surface area contributed by atoms with Crippen LogP contribution in [-0.4, -0.2) is 12.1 Å². The quantitative estimate of drug-likeness (QED) is 0.602. The number of hydrogen-bond acceptors (Lipinski definition) is 2. The summed E-state index contributed by atoms with van der Waals surface area (Å²) < 4.78 is 0. The summed E-state index contributed by atoms with van der Waals surface area (Å²) in [7, 11) is 0. The summed E-state index contributed by atoms with van der Waals surface area (Å²) in [5, 5.41) is 0. The maximum absolute atomic E-state index is 11.1. The van der Waals surface area contributed by atoms with Gasteiger partial charge in [0, 0.05) is 12.3 Å². The van der Waals surface area contributed by atoms with Crippen molar-refractivity contribution in [3.63, 3.8) is 0 Å². The Hall–Kier alpha value is -0.660. The average Bonchev–Trinajstić information content (AvgIpc) is 1.96. The SMILES string of the molecule is CC(=O)[C@H]1C[C@@H](CC=O)C1(C)C. The normalized spacial score (nSPS) is 32.2. The maximum Gasteiger partial charge on any atom is 0.133 e. The lowest BCUT2D eigenvalue weighted by atomic mass is 9.53. The van der Waals surface area contributed by atoms with Gasteiger partial charge in [-0.25, -0.2) is 0 Å². The Bertz CT molecular complexity index is 206. The summed E-state index contributed by atoms with van der Waals surface area (Å²) in [5.41, 5.74) is 0.0484. The van der Waals surface area contributed by atoms with E-state index in [4.69, 9.17) is 0 Å². The van der Waals surface area contributed by atoms with Crippen LogP contribution in [0.1, 0.15) is 33.6 Å². The van der Waals surface area contributed by atoms with Crippen LogP contribution < -0.4 is 0 Å². The molecular weight excluding hydrogens is 152 g/mol. The lowest BCUT2D eigenvalue weighted by molar-refractivity contribution is -0.138. The standard InChI is InChI=1S/C10H16O2/c1-7(12)9-6-8(4-5-11)10(9,2)3/h5,8-9H,4,6H2,1-3H3/t8-,9-/m1/s1. The topological polar surface area (TPSA) is 34.1 Å². The highest BCUT2D eigenvalue weighted by Crippen LogP contribution is 2.52. The molecule has 12 heavy (non-hydrogen) atoms. The molecule has 0 radical (unpaired) electrons. The highest BCUT2D eigenvalue weighted by molar-refractivity contribution is 5.80. The van der Waals surface area contributed by atoms with Gasteiger partial charge in [-0.15, -0.1) is 0 Å². The van der Waals surface area contributed by atoms with Gasteiger partial charge in [-0.05, 0) is 24.7 Å². The molecule has 2 heteroatoms. The second kappa shape index (κ2) is 3.00. The molecule has 1 rings (SSSR count). The van der Waals surface area contributed by atoms with Crippen LogP contribution in [0.15, 0.2) is 0 Å². The molecule has 0 unspecified atom stereocenters. The van der Waals surface area contributed by atoms with Crippen LogP contribution >= 0.6 is 0 Å². The summed E-state index contributed by atoms with van der Waals surface area (Å²) in [5.74, 6) is 0.869. The lowest BCUT2D eigenvalue weighted by Crippen LogP contribution is -2.48. The second-order valence-corrected chi connectivity index (χ2v) is 4.32. The zero-order valence-corrected chi connectivity index (χ0v) is 7.96. The van der Waals surface area contributed by atoms with Gasteiger partial charge in [-0.2, -0.15) is 0 Å². The van der Waals surface area contributed by atoms with Crippen LogP contribution in [0, 0.1) is 17.3 Å². The summed E-state index contributed by atoms with van der Waals surface area (Å²) in [6.45, 7) is 5.80. The minimum atomic E-state index is 0.0484. The van der Waals surface area contributed by atoms with Crippen molar-refractivity contribution in [2.45, 2.75) is 33.6 Å². The third kappa shape index (κ3) is 1.30. The summed E-state index contributed by atoms with van der Waals surface area (Å²) in [4.78, 5) is 21.4. The number of Topliss-reactive ketones (excluding diaryl/α,β-unsaturated/α-hetero) is 1. The third-order valence-electron chi connectivity index (χ3n) is 3.34. The molecule has 0 saturated heterocycles. The lowest BCUT2D eigenvalue weighted by Gasteiger charge is -2.50. The molecule has 0 N–H and O–H groups in total. The molecule has 1 aliphatic carbocycles. The summed E-state index contributed by atoms with van der Waals surface area (Å²) >= 11 is 0. The molecule has 0 spiro atoms. The molecule has 0 bridgehead atoms. The minimum absolute atomic E-state index is 0.0484. The van der Waals surface area contributed by atoms with Crippen molar-refractivity contribution in [1.29, 1.82) is 0 Å². The van der Waals surface area contributed by atoms with E-state index in [9.17, 15) is 9.59 Å². The monoisotopic (exact) mass is 168 g/mol. The van der Waals surface area contributed by atoms with Crippen LogP contribution in [-0.2, 0) is 9.59 Å². The fraction of sp³-hybridized carbons (Fsp3) is 0.800. The number of ketones is 1. The average molecular weight is 168 g/mol. The smallest absolute Gasteiger partial charge is 0.133 e. The van der Waals surface area contributed by atoms with Gasteiger partial charge < -0.3 is 4.79 Å². The van der Waals surface area contributed by atoms with Crippen molar-refractivity contribution < 1.29 is 9.59 Å². The van der Waals surface area contributed by atoms with E-state index in [1.807, 2.05) is 0 Å². The molecule has 0 aromatic rings. The van der Waals surface area contributed by atoms with Gasteiger partial charge >= 0.3 is 0 Å². The number of carbonyl (C=O) groups excluding carboxylic acids is 2. The molecule has 0 aliphatic heterocycles. The first-order chi connectivity index (χ1) is 5.50. The van der Waals surface area contributed by atoms with Crippen molar-refractivity contribution in [2.24, 2.45) is 17.3 Å². The molecule has 68 valence electrons. The van der Waals surface area contributed by atoms with Crippen molar-refractivity contribution >= 4 is 12.1 Å². The second-order valence-electron chi connectivity index (χ2n) is 4.32. The van der Waals surface area contributed by atoms with Gasteiger partial charge in [0.25, 0.3) is 0 Å². The first-order valence-corrected chi connectivity index (χ1v) is 4.44. The van der Waals surface area contributed by atoms with E-state index in [1.165, 1.54) is 0 Å². The van der Waals surface area contributed by atoms with Gasteiger partial charge in [0.2, 0.25) is 0 Å². The van der Waals surface area contributed by atoms with Gasteiger partial charge in [-0.3, -0.25) is 4.79 Å². The Balaban J connectivity index is 2.59. The molecule has 0 heterocycles. The molecule has 0 aromatic heterocycles. The predicted octanol–water partition coefficient (Wildman–Crippen LogP) is 1.83. The van der Waals surface area contributed by atoms with Gasteiger partial charge in [0.1, 0.15) is 12.1 Å². The molecule has 1 aliphatic rings. The Morgan fingerprint density at radius 1 is 1.58 bits per heavy atom. The Morgan fingerprint density at radius 2 is 2.17 bits per heavy atom. The fourth-order valence-corrected chi connectivity index (χ4v) is 2.22. The number of hydrogen-bond donors (Lipinski definition) is 0. The van der Waals surface area contributed by atoms with E-state index in [-0.39, 0.29) is 17.1 Å². The van der Waals surface area contributed by atoms with Crippen LogP contribution in [0.5, 0.6) is 0 Å². The van der Waals surface area contributed by atoms with Crippen LogP contribution in [0.2, 0.25) is 0 Å². The zero-order chi connectivity index (χ0) is 9.35. The maximum atomic E-state index is 11.1. The van der Waals surface area contributed by atoms with E-state index >= 15 is 0 Å². The van der Waals surface area contributed by atoms with Crippen LogP contribution in [0.4, 0.5) is 0 Å². The van der Waals surface area contributed by atoms with Gasteiger partial charge in [0.15, 0.2) is 0 Å². The van der Waals surface area contributed by atoms with Gasteiger partial charge in [-0.1, -0.05) is 13.8 Å². The predicted molar refractivity (Wildman–Crippen MR) is 46.7 cm³/mol. The minimum Gasteiger partial charge on any atom is -0.303 e. The highest BCUT2D eigenvalue weighted by atomic mass is 16.1. The van der Waals surface area contributed by atoms with E-state index in [0.717, 1.165) is 12.7 Å². The van der Waals surface area contributed by atoms with E-state index in [1.54, 1.807) is 6.92 Å². The zero-order valence-electron chi connectivity index (χ0n) is 7.96. The van der Waals surface area contributed by atoms with Gasteiger partial charge in [0.05, 0.1) is 0 Å². The molecule has 1 saturated carbocycles. The van der Waals surface area contributed by atoms with E-state index in [2.05, 4.69) is 13.8 Å². The van der Waals surface area contributed by atoms with Crippen molar-refractivity contribution in [3.05, 3.63) is 0 Å². The Morgan fingerprint density at radius 3 is 2.50 bits per heavy atom. The van der Waals surface area contributed by atoms with Crippen molar-refractivity contribution in [3.8, 4) is 0 Å². The molecular formula is C10H16O2. The van der Waals surface area contributed by atoms with E-state index < -0.39 is 0 Å². The fourth-order valence-electron chi connectivity index (χ4n) is 2.22. The molecule has 1 fully saturated rings. The molecule has 2 atom stereocenters. The molecule has 0 aromatic carbocycles. The number of rotatable bonds is 3. The summed E-state index contributed by atoms with van der Waals surface area (Å²) in [6, 6.07) is 0. The molecule has 0 amide bonds. The Kier molecular flexibility index (Phi) is 2.36. The molecule has 2 nitrogen and oxygen atoms in total. The van der Waals surface area contributed by atoms with Crippen molar-refractivity contribution in [1.82, 2.24) is 0 Å². The van der Waals surface area contributed by atoms with Crippen LogP contribution in [0.25, 0.3) is 0 Å². The highest BCUT2D eigenvalue weighted by Gasteiger charge is 2.49.